The van der Waals surface area contributed by atoms with Gasteiger partial charge < -0.3 is 24.3 Å². The third kappa shape index (κ3) is 4.52. The molecule has 182 valence electrons. The monoisotopic (exact) mass is 474 g/mol. The summed E-state index contributed by atoms with van der Waals surface area (Å²) in [6.45, 7) is 6.37. The molecule has 0 amide bonds. The minimum absolute atomic E-state index is 0.167. The molecule has 2 atom stereocenters. The summed E-state index contributed by atoms with van der Waals surface area (Å²) < 4.78 is 22.9. The number of para-hydroxylation sites is 1. The number of rotatable bonds is 8. The number of pyridine rings is 1. The lowest BCUT2D eigenvalue weighted by atomic mass is 10.1. The Bertz CT molecular complexity index is 1260. The molecule has 0 bridgehead atoms. The van der Waals surface area contributed by atoms with Crippen molar-refractivity contribution in [2.75, 3.05) is 32.4 Å². The normalized spacial score (nSPS) is 19.0. The van der Waals surface area contributed by atoms with Gasteiger partial charge in [-0.2, -0.15) is 5.26 Å². The summed E-state index contributed by atoms with van der Waals surface area (Å²) in [7, 11) is 1.62. The Kier molecular flexibility index (Phi) is 6.51. The molecule has 5 rings (SSSR count). The molecule has 3 aromatic rings. The van der Waals surface area contributed by atoms with Crippen molar-refractivity contribution in [2.45, 2.75) is 45.2 Å². The predicted molar refractivity (Wildman–Crippen MR) is 134 cm³/mol. The molecule has 1 saturated heterocycles. The van der Waals surface area contributed by atoms with Crippen molar-refractivity contribution in [1.82, 2.24) is 9.88 Å². The van der Waals surface area contributed by atoms with Gasteiger partial charge in [-0.05, 0) is 51.3 Å². The minimum Gasteiger partial charge on any atom is -0.493 e. The van der Waals surface area contributed by atoms with Crippen LogP contribution in [0.25, 0.3) is 10.9 Å². The number of fused-ring (bicyclic) bond motifs is 2. The highest BCUT2D eigenvalue weighted by atomic mass is 16.7. The molecule has 1 N–H and O–H groups in total. The number of nitrogens with one attached hydrogen (secondary N) is 1. The van der Waals surface area contributed by atoms with Crippen LogP contribution in [0.5, 0.6) is 23.0 Å². The molecule has 2 aliphatic rings. The Hall–Kier alpha value is -3.70. The molecule has 35 heavy (non-hydrogen) atoms. The predicted octanol–water partition coefficient (Wildman–Crippen LogP) is 5.23. The third-order valence-corrected chi connectivity index (χ3v) is 6.88. The van der Waals surface area contributed by atoms with Crippen molar-refractivity contribution >= 4 is 22.3 Å². The number of hydrogen-bond acceptors (Lipinski definition) is 8. The molecule has 2 unspecified atom stereocenters. The van der Waals surface area contributed by atoms with E-state index >= 15 is 0 Å². The van der Waals surface area contributed by atoms with E-state index in [1.54, 1.807) is 13.3 Å². The Morgan fingerprint density at radius 2 is 2.00 bits per heavy atom. The Morgan fingerprint density at radius 3 is 2.77 bits per heavy atom. The van der Waals surface area contributed by atoms with Crippen molar-refractivity contribution in [3.05, 3.63) is 42.1 Å². The molecule has 8 nitrogen and oxygen atoms in total. The number of aromatic nitrogens is 1. The molecule has 2 aromatic carbocycles. The molecule has 1 aromatic heterocycles. The number of methoxy groups -OCH3 is 1. The summed E-state index contributed by atoms with van der Waals surface area (Å²) in [6.07, 6.45) is 5.03. The molecule has 3 heterocycles. The van der Waals surface area contributed by atoms with E-state index in [9.17, 15) is 5.26 Å². The smallest absolute Gasteiger partial charge is 0.231 e. The van der Waals surface area contributed by atoms with Gasteiger partial charge in [-0.25, -0.2) is 0 Å². The molecular formula is C27H30N4O4. The fourth-order valence-electron chi connectivity index (χ4n) is 4.97. The van der Waals surface area contributed by atoms with Gasteiger partial charge >= 0.3 is 0 Å². The molecule has 8 heteroatoms. The fraction of sp³-hybridized carbons (Fsp3) is 0.407. The number of hydrogen-bond donors (Lipinski definition) is 1. The summed E-state index contributed by atoms with van der Waals surface area (Å²) in [5, 5.41) is 13.9. The molecular weight excluding hydrogens is 444 g/mol. The number of nitrogens with zero attached hydrogens (tertiary/aromatic N) is 3. The zero-order valence-electron chi connectivity index (χ0n) is 20.3. The second-order valence-electron chi connectivity index (χ2n) is 9.06. The van der Waals surface area contributed by atoms with E-state index in [-0.39, 0.29) is 6.79 Å². The van der Waals surface area contributed by atoms with Crippen molar-refractivity contribution in [1.29, 1.82) is 5.26 Å². The lowest BCUT2D eigenvalue weighted by Gasteiger charge is -2.25. The molecule has 0 aliphatic carbocycles. The van der Waals surface area contributed by atoms with Crippen molar-refractivity contribution in [3.8, 4) is 29.1 Å². The highest BCUT2D eigenvalue weighted by Gasteiger charge is 2.26. The first-order valence-corrected chi connectivity index (χ1v) is 12.0. The second kappa shape index (κ2) is 9.88. The van der Waals surface area contributed by atoms with E-state index in [1.165, 1.54) is 12.8 Å². The first-order valence-electron chi connectivity index (χ1n) is 12.0. The van der Waals surface area contributed by atoms with E-state index in [2.05, 4.69) is 35.1 Å². The van der Waals surface area contributed by atoms with Gasteiger partial charge in [-0.3, -0.25) is 9.88 Å². The maximum atomic E-state index is 9.76. The van der Waals surface area contributed by atoms with Crippen LogP contribution in [0, 0.1) is 11.3 Å². The van der Waals surface area contributed by atoms with Gasteiger partial charge in [-0.1, -0.05) is 6.07 Å². The van der Waals surface area contributed by atoms with Crippen LogP contribution in [-0.2, 0) is 0 Å². The van der Waals surface area contributed by atoms with Gasteiger partial charge in [0, 0.05) is 36.3 Å². The summed E-state index contributed by atoms with van der Waals surface area (Å²) in [5.74, 6) is 2.52. The Balaban J connectivity index is 1.39. The van der Waals surface area contributed by atoms with E-state index < -0.39 is 0 Å². The molecule has 0 spiro atoms. The van der Waals surface area contributed by atoms with Crippen LogP contribution in [0.3, 0.4) is 0 Å². The van der Waals surface area contributed by atoms with Gasteiger partial charge in [-0.15, -0.1) is 0 Å². The summed E-state index contributed by atoms with van der Waals surface area (Å²) >= 11 is 0. The van der Waals surface area contributed by atoms with Crippen LogP contribution < -0.4 is 24.3 Å². The Morgan fingerprint density at radius 1 is 1.17 bits per heavy atom. The highest BCUT2D eigenvalue weighted by molar-refractivity contribution is 5.98. The van der Waals surface area contributed by atoms with Crippen LogP contribution in [0.15, 0.2) is 36.5 Å². The lowest BCUT2D eigenvalue weighted by molar-refractivity contribution is 0.174. The summed E-state index contributed by atoms with van der Waals surface area (Å²) in [6, 6.07) is 12.8. The number of ether oxygens (including phenoxy) is 4. The van der Waals surface area contributed by atoms with Gasteiger partial charge in [0.15, 0.2) is 23.0 Å². The first-order chi connectivity index (χ1) is 17.1. The SMILES string of the molecule is COc1cc2c(Nc3cccc4c3OCO4)c(C#N)cnc2cc1OCCCN1C(C)CCC1C. The number of benzene rings is 2. The largest absolute Gasteiger partial charge is 0.493 e. The van der Waals surface area contributed by atoms with E-state index in [0.717, 1.165) is 18.4 Å². The summed E-state index contributed by atoms with van der Waals surface area (Å²) in [4.78, 5) is 7.07. The number of likely N-dealkylation sites (tertiary alicyclic amines) is 1. The quantitative estimate of drug-likeness (QED) is 0.444. The fourth-order valence-corrected chi connectivity index (χ4v) is 4.97. The van der Waals surface area contributed by atoms with E-state index in [1.807, 2.05) is 30.3 Å². The molecule has 0 radical (unpaired) electrons. The van der Waals surface area contributed by atoms with E-state index in [4.69, 9.17) is 18.9 Å². The second-order valence-corrected chi connectivity index (χ2v) is 9.06. The van der Waals surface area contributed by atoms with Gasteiger partial charge in [0.1, 0.15) is 6.07 Å². The molecule has 0 saturated carbocycles. The average Bonchev–Trinajstić information content (AvgIpc) is 3.48. The third-order valence-electron chi connectivity index (χ3n) is 6.88. The van der Waals surface area contributed by atoms with Crippen molar-refractivity contribution in [3.63, 3.8) is 0 Å². The van der Waals surface area contributed by atoms with Crippen LogP contribution in [-0.4, -0.2) is 49.0 Å². The van der Waals surface area contributed by atoms with Gasteiger partial charge in [0.05, 0.1) is 36.2 Å². The first kappa shape index (κ1) is 23.1. The van der Waals surface area contributed by atoms with Gasteiger partial charge in [0.25, 0.3) is 0 Å². The van der Waals surface area contributed by atoms with Crippen molar-refractivity contribution < 1.29 is 18.9 Å². The number of anilines is 2. The topological polar surface area (TPSA) is 88.9 Å². The van der Waals surface area contributed by atoms with E-state index in [0.29, 0.717) is 64.1 Å². The zero-order valence-corrected chi connectivity index (χ0v) is 20.3. The van der Waals surface area contributed by atoms with Gasteiger partial charge in [0.2, 0.25) is 6.79 Å². The van der Waals surface area contributed by atoms with Crippen molar-refractivity contribution in [2.24, 2.45) is 0 Å². The number of nitriles is 1. The lowest BCUT2D eigenvalue weighted by Crippen LogP contribution is -2.34. The maximum absolute atomic E-state index is 9.76. The van der Waals surface area contributed by atoms with Crippen LogP contribution in [0.1, 0.15) is 38.7 Å². The molecule has 1 fully saturated rings. The van der Waals surface area contributed by atoms with Crippen LogP contribution in [0.2, 0.25) is 0 Å². The summed E-state index contributed by atoms with van der Waals surface area (Å²) in [5.41, 5.74) is 2.46. The maximum Gasteiger partial charge on any atom is 0.231 e. The average molecular weight is 475 g/mol. The highest BCUT2D eigenvalue weighted by Crippen LogP contribution is 2.43. The Labute approximate surface area is 205 Å². The standard InChI is InChI=1S/C27H30N4O4/c1-17-8-9-18(2)31(17)10-5-11-33-25-13-22-20(12-24(25)32-3)26(19(14-28)15-29-22)30-21-6-4-7-23-27(21)35-16-34-23/h4,6-7,12-13,15,17-18H,5,8-11,16H2,1-3H3,(H,29,30). The zero-order chi connectivity index (χ0) is 24.4. The van der Waals surface area contributed by atoms with Crippen LogP contribution in [0.4, 0.5) is 11.4 Å². The minimum atomic E-state index is 0.167. The molecule has 2 aliphatic heterocycles. The van der Waals surface area contributed by atoms with Crippen LogP contribution >= 0.6 is 0 Å².